The Bertz CT molecular complexity index is 430. The molecule has 116 valence electrons. The van der Waals surface area contributed by atoms with Crippen molar-refractivity contribution in [2.24, 2.45) is 0 Å². The van der Waals surface area contributed by atoms with E-state index < -0.39 is 12.8 Å². The molecule has 0 radical (unpaired) electrons. The highest BCUT2D eigenvalue weighted by atomic mass is 32.7. The lowest BCUT2D eigenvalue weighted by Gasteiger charge is -2.28. The Labute approximate surface area is 124 Å². The topological polar surface area (TPSA) is 66.9 Å². The van der Waals surface area contributed by atoms with Crippen molar-refractivity contribution in [3.8, 4) is 0 Å². The number of carbonyl (C=O) groups excluding carboxylic acids is 2. The maximum atomic E-state index is 13.0. The predicted octanol–water partition coefficient (Wildman–Crippen LogP) is 3.34. The highest BCUT2D eigenvalue weighted by molar-refractivity contribution is 8.56. The summed E-state index contributed by atoms with van der Waals surface area (Å²) in [5, 5.41) is 0.0865. The molecule has 0 aromatic rings. The fourth-order valence-corrected chi connectivity index (χ4v) is 6.70. The Morgan fingerprint density at radius 2 is 1.90 bits per heavy atom. The van der Waals surface area contributed by atoms with E-state index in [1.54, 1.807) is 20.8 Å². The van der Waals surface area contributed by atoms with Crippen LogP contribution in [0.1, 0.15) is 41.0 Å². The van der Waals surface area contributed by atoms with Gasteiger partial charge in [-0.15, -0.1) is 0 Å². The van der Waals surface area contributed by atoms with E-state index in [9.17, 15) is 14.2 Å². The van der Waals surface area contributed by atoms with Gasteiger partial charge in [-0.3, -0.25) is 14.3 Å². The molecule has 0 bridgehead atoms. The summed E-state index contributed by atoms with van der Waals surface area (Å²) >= 11 is 1.15. The monoisotopic (exact) mass is 322 g/mol. The molecule has 1 aliphatic rings. The van der Waals surface area contributed by atoms with Crippen LogP contribution in [0.15, 0.2) is 0 Å². The Hall–Kier alpha value is -0.520. The minimum atomic E-state index is -3.37. The second-order valence-electron chi connectivity index (χ2n) is 4.91. The van der Waals surface area contributed by atoms with E-state index in [-0.39, 0.29) is 30.4 Å². The van der Waals surface area contributed by atoms with Crippen LogP contribution in [-0.2, 0) is 13.9 Å². The number of rotatable bonds is 7. The standard InChI is InChI=1S/C12H23N2O4PS/c1-6-10(5)20-19(17,18-7-2)13-8-11(15)14(9(3)4)12(13)16/h9-10H,6-8H2,1-5H3. The molecule has 6 nitrogen and oxygen atoms in total. The van der Waals surface area contributed by atoms with Crippen molar-refractivity contribution >= 4 is 30.0 Å². The maximum absolute atomic E-state index is 13.0. The number of urea groups is 1. The molecule has 2 unspecified atom stereocenters. The molecule has 0 spiro atoms. The summed E-state index contributed by atoms with van der Waals surface area (Å²) in [6.07, 6.45) is 0.811. The average Bonchev–Trinajstić information content (AvgIpc) is 2.65. The van der Waals surface area contributed by atoms with Crippen molar-refractivity contribution in [3.05, 3.63) is 0 Å². The SMILES string of the molecule is CCOP(=O)(SC(C)CC)N1CC(=O)N(C(C)C)C1=O. The summed E-state index contributed by atoms with van der Waals surface area (Å²) < 4.78 is 19.5. The number of carbonyl (C=O) groups is 2. The van der Waals surface area contributed by atoms with Crippen LogP contribution in [-0.4, -0.2) is 46.0 Å². The lowest BCUT2D eigenvalue weighted by Crippen LogP contribution is -2.37. The van der Waals surface area contributed by atoms with Gasteiger partial charge in [0.15, 0.2) is 0 Å². The van der Waals surface area contributed by atoms with Crippen molar-refractivity contribution in [2.45, 2.75) is 52.3 Å². The van der Waals surface area contributed by atoms with E-state index in [0.717, 1.165) is 27.4 Å². The normalized spacial score (nSPS) is 20.7. The molecule has 0 aromatic heterocycles. The molecule has 1 saturated heterocycles. The number of imide groups is 1. The Balaban J connectivity index is 3.02. The first-order valence-electron chi connectivity index (χ1n) is 6.83. The molecule has 1 fully saturated rings. The number of amides is 3. The molecule has 0 saturated carbocycles. The van der Waals surface area contributed by atoms with Crippen molar-refractivity contribution in [3.63, 3.8) is 0 Å². The largest absolute Gasteiger partial charge is 0.357 e. The van der Waals surface area contributed by atoms with Gasteiger partial charge in [-0.2, -0.15) is 0 Å². The van der Waals surface area contributed by atoms with Crippen molar-refractivity contribution in [2.75, 3.05) is 13.2 Å². The third kappa shape index (κ3) is 3.57. The van der Waals surface area contributed by atoms with Crippen LogP contribution in [0.3, 0.4) is 0 Å². The second-order valence-corrected chi connectivity index (χ2v) is 9.62. The van der Waals surface area contributed by atoms with Crippen molar-refractivity contribution < 1.29 is 18.7 Å². The van der Waals surface area contributed by atoms with E-state index in [0.29, 0.717) is 0 Å². The fraction of sp³-hybridized carbons (Fsp3) is 0.833. The van der Waals surface area contributed by atoms with Gasteiger partial charge in [0.2, 0.25) is 0 Å². The van der Waals surface area contributed by atoms with Gasteiger partial charge in [0.1, 0.15) is 6.54 Å². The van der Waals surface area contributed by atoms with Gasteiger partial charge in [-0.25, -0.2) is 9.46 Å². The summed E-state index contributed by atoms with van der Waals surface area (Å²) in [4.78, 5) is 25.4. The minimum Gasteiger partial charge on any atom is -0.306 e. The highest BCUT2D eigenvalue weighted by Crippen LogP contribution is 2.65. The van der Waals surface area contributed by atoms with Crippen LogP contribution in [0.2, 0.25) is 0 Å². The Morgan fingerprint density at radius 3 is 2.30 bits per heavy atom. The Kier molecular flexibility index (Phi) is 6.10. The number of hydrogen-bond donors (Lipinski definition) is 0. The summed E-state index contributed by atoms with van der Waals surface area (Å²) in [6, 6.07) is -0.763. The van der Waals surface area contributed by atoms with E-state index in [4.69, 9.17) is 4.52 Å². The van der Waals surface area contributed by atoms with Crippen LogP contribution >= 0.6 is 18.1 Å². The minimum absolute atomic E-state index is 0.0865. The van der Waals surface area contributed by atoms with Crippen LogP contribution in [0.5, 0.6) is 0 Å². The van der Waals surface area contributed by atoms with Crippen LogP contribution in [0.25, 0.3) is 0 Å². The molecule has 0 aliphatic carbocycles. The summed E-state index contributed by atoms with van der Waals surface area (Å²) in [7, 11) is 0. The molecular formula is C12H23N2O4PS. The smallest absolute Gasteiger partial charge is 0.306 e. The first kappa shape index (κ1) is 17.5. The summed E-state index contributed by atoms with van der Waals surface area (Å²) in [6.45, 7) is 5.84. The van der Waals surface area contributed by atoms with Crippen LogP contribution in [0.4, 0.5) is 4.79 Å². The van der Waals surface area contributed by atoms with Crippen molar-refractivity contribution in [1.29, 1.82) is 0 Å². The summed E-state index contributed by atoms with van der Waals surface area (Å²) in [5.74, 6) is -0.324. The van der Waals surface area contributed by atoms with Gasteiger partial charge in [0, 0.05) is 11.3 Å². The van der Waals surface area contributed by atoms with Gasteiger partial charge in [0.05, 0.1) is 6.61 Å². The third-order valence-corrected chi connectivity index (χ3v) is 8.21. The number of hydrogen-bond acceptors (Lipinski definition) is 5. The lowest BCUT2D eigenvalue weighted by molar-refractivity contribution is -0.126. The molecule has 1 aliphatic heterocycles. The van der Waals surface area contributed by atoms with Crippen LogP contribution < -0.4 is 0 Å². The first-order chi connectivity index (χ1) is 9.26. The molecule has 2 atom stereocenters. The highest BCUT2D eigenvalue weighted by Gasteiger charge is 2.48. The number of nitrogens with zero attached hydrogens (tertiary/aromatic N) is 2. The fourth-order valence-electron chi connectivity index (χ4n) is 1.83. The molecule has 1 heterocycles. The molecule has 20 heavy (non-hydrogen) atoms. The molecule has 8 heteroatoms. The lowest BCUT2D eigenvalue weighted by atomic mass is 10.3. The first-order valence-corrected chi connectivity index (χ1v) is 9.90. The zero-order valence-corrected chi connectivity index (χ0v) is 14.4. The average molecular weight is 322 g/mol. The second kappa shape index (κ2) is 6.96. The third-order valence-electron chi connectivity index (χ3n) is 2.97. The van der Waals surface area contributed by atoms with Gasteiger partial charge in [-0.1, -0.05) is 13.8 Å². The van der Waals surface area contributed by atoms with E-state index in [1.807, 2.05) is 13.8 Å². The molecule has 0 N–H and O–H groups in total. The van der Waals surface area contributed by atoms with Crippen molar-refractivity contribution in [1.82, 2.24) is 9.57 Å². The van der Waals surface area contributed by atoms with E-state index in [2.05, 4.69) is 0 Å². The zero-order chi connectivity index (χ0) is 15.5. The molecular weight excluding hydrogens is 299 g/mol. The molecule has 3 amide bonds. The quantitative estimate of drug-likeness (QED) is 0.531. The Morgan fingerprint density at radius 1 is 1.30 bits per heavy atom. The van der Waals surface area contributed by atoms with E-state index >= 15 is 0 Å². The van der Waals surface area contributed by atoms with Gasteiger partial charge in [0.25, 0.3) is 5.91 Å². The van der Waals surface area contributed by atoms with Gasteiger partial charge < -0.3 is 4.52 Å². The maximum Gasteiger partial charge on any atom is 0.357 e. The molecule has 1 rings (SSSR count). The van der Waals surface area contributed by atoms with Gasteiger partial charge in [-0.05, 0) is 38.6 Å². The summed E-state index contributed by atoms with van der Waals surface area (Å²) in [5.41, 5.74) is 0. The zero-order valence-electron chi connectivity index (χ0n) is 12.7. The predicted molar refractivity (Wildman–Crippen MR) is 80.7 cm³/mol. The van der Waals surface area contributed by atoms with E-state index in [1.165, 1.54) is 0 Å². The molecule has 0 aromatic carbocycles. The van der Waals surface area contributed by atoms with Gasteiger partial charge >= 0.3 is 12.8 Å². The van der Waals surface area contributed by atoms with Crippen LogP contribution in [0, 0.1) is 0 Å².